The van der Waals surface area contributed by atoms with E-state index in [9.17, 15) is 18.4 Å². The highest BCUT2D eigenvalue weighted by molar-refractivity contribution is 7.10. The summed E-state index contributed by atoms with van der Waals surface area (Å²) >= 11 is 1.21. The molecule has 1 heterocycles. The monoisotopic (exact) mass is 293 g/mol. The predicted molar refractivity (Wildman–Crippen MR) is 64.3 cm³/mol. The number of hydrogen-bond donors (Lipinski definition) is 2. The zero-order chi connectivity index (χ0) is 14.3. The van der Waals surface area contributed by atoms with Gasteiger partial charge in [0, 0.05) is 11.3 Å². The third-order valence-corrected chi connectivity index (χ3v) is 3.03. The summed E-state index contributed by atoms with van der Waals surface area (Å²) in [6.07, 6.45) is -2.75. The standard InChI is InChI=1S/C11H13F2NO4S/c12-8(13)6-18-4-3-9(15)14-10(11(16)17)7-2-1-5-19-7/h1-2,5,8,10H,3-4,6H2,(H,14,15)(H,16,17). The van der Waals surface area contributed by atoms with Gasteiger partial charge in [-0.25, -0.2) is 13.6 Å². The molecule has 1 atom stereocenters. The Morgan fingerprint density at radius 2 is 2.21 bits per heavy atom. The Balaban J connectivity index is 2.39. The molecular formula is C11H13F2NO4S. The van der Waals surface area contributed by atoms with E-state index in [4.69, 9.17) is 5.11 Å². The Kier molecular flexibility index (Phi) is 6.37. The van der Waals surface area contributed by atoms with E-state index in [2.05, 4.69) is 10.1 Å². The van der Waals surface area contributed by atoms with Gasteiger partial charge < -0.3 is 15.2 Å². The largest absolute Gasteiger partial charge is 0.479 e. The third kappa shape index (κ3) is 5.75. The smallest absolute Gasteiger partial charge is 0.331 e. The number of halogens is 2. The fourth-order valence-corrected chi connectivity index (χ4v) is 2.05. The van der Waals surface area contributed by atoms with Crippen LogP contribution in [0.25, 0.3) is 0 Å². The SMILES string of the molecule is O=C(CCOCC(F)F)NC(C(=O)O)c1cccs1. The van der Waals surface area contributed by atoms with Gasteiger partial charge in [-0.3, -0.25) is 4.79 Å². The molecule has 1 amide bonds. The van der Waals surface area contributed by atoms with E-state index in [1.165, 1.54) is 11.3 Å². The van der Waals surface area contributed by atoms with Crippen LogP contribution in [0.1, 0.15) is 17.3 Å². The van der Waals surface area contributed by atoms with E-state index >= 15 is 0 Å². The molecule has 1 rings (SSSR count). The van der Waals surface area contributed by atoms with Crippen molar-refractivity contribution in [3.05, 3.63) is 22.4 Å². The lowest BCUT2D eigenvalue weighted by atomic mass is 10.2. The van der Waals surface area contributed by atoms with Gasteiger partial charge in [0.25, 0.3) is 6.43 Å². The van der Waals surface area contributed by atoms with Crippen molar-refractivity contribution in [3.8, 4) is 0 Å². The molecule has 0 aromatic carbocycles. The van der Waals surface area contributed by atoms with Crippen molar-refractivity contribution in [1.82, 2.24) is 5.32 Å². The van der Waals surface area contributed by atoms with Crippen molar-refractivity contribution in [3.63, 3.8) is 0 Å². The Bertz CT molecular complexity index is 411. The summed E-state index contributed by atoms with van der Waals surface area (Å²) in [5, 5.41) is 13.0. The summed E-state index contributed by atoms with van der Waals surface area (Å²) in [7, 11) is 0. The first kappa shape index (κ1) is 15.5. The molecule has 0 saturated carbocycles. The van der Waals surface area contributed by atoms with Crippen LogP contribution in [-0.2, 0) is 14.3 Å². The van der Waals surface area contributed by atoms with Gasteiger partial charge in [0.05, 0.1) is 6.61 Å². The predicted octanol–water partition coefficient (Wildman–Crippen LogP) is 1.66. The van der Waals surface area contributed by atoms with Crippen LogP contribution in [0.4, 0.5) is 8.78 Å². The molecular weight excluding hydrogens is 280 g/mol. The van der Waals surface area contributed by atoms with Crippen LogP contribution in [0.15, 0.2) is 17.5 Å². The number of aliphatic carboxylic acids is 1. The third-order valence-electron chi connectivity index (χ3n) is 2.10. The van der Waals surface area contributed by atoms with Crippen LogP contribution in [-0.4, -0.2) is 36.6 Å². The highest BCUT2D eigenvalue weighted by atomic mass is 32.1. The van der Waals surface area contributed by atoms with Gasteiger partial charge in [-0.1, -0.05) is 6.07 Å². The van der Waals surface area contributed by atoms with Crippen molar-refractivity contribution in [1.29, 1.82) is 0 Å². The van der Waals surface area contributed by atoms with Gasteiger partial charge in [0.2, 0.25) is 5.91 Å². The molecule has 0 bridgehead atoms. The highest BCUT2D eigenvalue weighted by Gasteiger charge is 2.22. The maximum Gasteiger partial charge on any atom is 0.331 e. The van der Waals surface area contributed by atoms with E-state index in [-0.39, 0.29) is 13.0 Å². The normalized spacial score (nSPS) is 12.4. The Morgan fingerprint density at radius 1 is 1.47 bits per heavy atom. The van der Waals surface area contributed by atoms with Crippen LogP contribution in [0.2, 0.25) is 0 Å². The molecule has 8 heteroatoms. The molecule has 0 fully saturated rings. The van der Waals surface area contributed by atoms with Gasteiger partial charge >= 0.3 is 5.97 Å². The van der Waals surface area contributed by atoms with Gasteiger partial charge in [0.1, 0.15) is 6.61 Å². The van der Waals surface area contributed by atoms with E-state index in [1.54, 1.807) is 17.5 Å². The average molecular weight is 293 g/mol. The summed E-state index contributed by atoms with van der Waals surface area (Å²) in [6, 6.07) is 2.15. The molecule has 0 radical (unpaired) electrons. The molecule has 1 aromatic heterocycles. The maximum atomic E-state index is 11.8. The van der Waals surface area contributed by atoms with Gasteiger partial charge in [-0.15, -0.1) is 11.3 Å². The summed E-state index contributed by atoms with van der Waals surface area (Å²) in [6.45, 7) is -0.909. The van der Waals surface area contributed by atoms with Crippen LogP contribution in [0, 0.1) is 0 Å². The minimum absolute atomic E-state index is 0.165. The maximum absolute atomic E-state index is 11.8. The van der Waals surface area contributed by atoms with Gasteiger partial charge in [-0.05, 0) is 11.4 Å². The van der Waals surface area contributed by atoms with Gasteiger partial charge in [0.15, 0.2) is 6.04 Å². The van der Waals surface area contributed by atoms with E-state index < -0.39 is 31.0 Å². The van der Waals surface area contributed by atoms with Gasteiger partial charge in [-0.2, -0.15) is 0 Å². The minimum Gasteiger partial charge on any atom is -0.479 e. The van der Waals surface area contributed by atoms with E-state index in [0.717, 1.165) is 0 Å². The fourth-order valence-electron chi connectivity index (χ4n) is 1.28. The molecule has 0 aliphatic rings. The Labute approximate surface area is 112 Å². The number of ether oxygens (including phenoxy) is 1. The Hall–Kier alpha value is -1.54. The average Bonchev–Trinajstić information content (AvgIpc) is 2.84. The van der Waals surface area contributed by atoms with Crippen LogP contribution < -0.4 is 5.32 Å². The van der Waals surface area contributed by atoms with Crippen molar-refractivity contribution in [2.24, 2.45) is 0 Å². The number of hydrogen-bond acceptors (Lipinski definition) is 4. The molecule has 0 aliphatic carbocycles. The van der Waals surface area contributed by atoms with Crippen LogP contribution in [0.3, 0.4) is 0 Å². The van der Waals surface area contributed by atoms with Crippen molar-refractivity contribution >= 4 is 23.2 Å². The molecule has 5 nitrogen and oxygen atoms in total. The lowest BCUT2D eigenvalue weighted by molar-refractivity contribution is -0.142. The minimum atomic E-state index is -2.58. The lowest BCUT2D eigenvalue weighted by Crippen LogP contribution is -2.33. The second kappa shape index (κ2) is 7.80. The number of nitrogens with one attached hydrogen (secondary N) is 1. The second-order valence-electron chi connectivity index (χ2n) is 3.57. The van der Waals surface area contributed by atoms with Crippen LogP contribution in [0.5, 0.6) is 0 Å². The number of carboxylic acid groups (broad SMARTS) is 1. The quantitative estimate of drug-likeness (QED) is 0.715. The summed E-state index contributed by atoms with van der Waals surface area (Å²) in [5.41, 5.74) is 0. The van der Waals surface area contributed by atoms with Crippen LogP contribution >= 0.6 is 11.3 Å². The summed E-state index contributed by atoms with van der Waals surface area (Å²) < 4.78 is 28.1. The van der Waals surface area contributed by atoms with Crippen molar-refractivity contribution < 1.29 is 28.2 Å². The highest BCUT2D eigenvalue weighted by Crippen LogP contribution is 2.19. The zero-order valence-electron chi connectivity index (χ0n) is 9.84. The van der Waals surface area contributed by atoms with Crippen molar-refractivity contribution in [2.45, 2.75) is 18.9 Å². The number of amides is 1. The number of carbonyl (C=O) groups is 2. The van der Waals surface area contributed by atoms with Crippen molar-refractivity contribution in [2.75, 3.05) is 13.2 Å². The number of rotatable bonds is 8. The molecule has 19 heavy (non-hydrogen) atoms. The first-order valence-electron chi connectivity index (χ1n) is 5.42. The number of carbonyl (C=O) groups excluding carboxylic acids is 1. The zero-order valence-corrected chi connectivity index (χ0v) is 10.7. The number of thiophene rings is 1. The molecule has 1 aromatic rings. The summed E-state index contributed by atoms with van der Waals surface area (Å²) in [4.78, 5) is 23.0. The molecule has 0 aliphatic heterocycles. The molecule has 106 valence electrons. The fraction of sp³-hybridized carbons (Fsp3) is 0.455. The molecule has 2 N–H and O–H groups in total. The topological polar surface area (TPSA) is 75.6 Å². The second-order valence-corrected chi connectivity index (χ2v) is 4.55. The molecule has 0 saturated heterocycles. The number of carboxylic acids is 1. The van der Waals surface area contributed by atoms with E-state index in [0.29, 0.717) is 4.88 Å². The van der Waals surface area contributed by atoms with E-state index in [1.807, 2.05) is 0 Å². The Morgan fingerprint density at radius 3 is 2.74 bits per heavy atom. The first-order valence-corrected chi connectivity index (χ1v) is 6.30. The number of alkyl halides is 2. The molecule has 0 spiro atoms. The first-order chi connectivity index (χ1) is 9.00. The lowest BCUT2D eigenvalue weighted by Gasteiger charge is -2.12. The molecule has 1 unspecified atom stereocenters. The summed E-state index contributed by atoms with van der Waals surface area (Å²) in [5.74, 6) is -1.74.